The van der Waals surface area contributed by atoms with Crippen LogP contribution in [0.5, 0.6) is 5.88 Å². The Hall–Kier alpha value is -4.24. The van der Waals surface area contributed by atoms with E-state index in [-0.39, 0.29) is 24.3 Å². The number of ether oxygens (including phenoxy) is 2. The summed E-state index contributed by atoms with van der Waals surface area (Å²) < 4.78 is 27.9. The number of aromatic carboxylic acids is 1. The van der Waals surface area contributed by atoms with Crippen LogP contribution in [0, 0.1) is 18.2 Å². The number of carboxylic acids is 1. The minimum atomic E-state index is -1.08. The molecule has 42 heavy (non-hydrogen) atoms. The van der Waals surface area contributed by atoms with Gasteiger partial charge in [0.2, 0.25) is 0 Å². The van der Waals surface area contributed by atoms with Crippen molar-refractivity contribution in [3.05, 3.63) is 75.9 Å². The van der Waals surface area contributed by atoms with E-state index in [2.05, 4.69) is 25.7 Å². The second-order valence-corrected chi connectivity index (χ2v) is 10.6. The van der Waals surface area contributed by atoms with Crippen molar-refractivity contribution in [2.75, 3.05) is 37.7 Å². The number of fused-ring (bicyclic) bond motifs is 1. The minimum absolute atomic E-state index is 0.0154. The van der Waals surface area contributed by atoms with E-state index in [4.69, 9.17) is 32.5 Å². The van der Waals surface area contributed by atoms with Crippen molar-refractivity contribution in [3.63, 3.8) is 0 Å². The molecular formula is C30H28ClFN6O4. The molecule has 1 aromatic carbocycles. The van der Waals surface area contributed by atoms with Crippen molar-refractivity contribution in [2.24, 2.45) is 0 Å². The van der Waals surface area contributed by atoms with Gasteiger partial charge in [0, 0.05) is 48.9 Å². The molecule has 0 saturated carbocycles. The number of hydrogen-bond donors (Lipinski definition) is 1. The highest BCUT2D eigenvalue weighted by Crippen LogP contribution is 2.25. The third-order valence-electron chi connectivity index (χ3n) is 7.51. The van der Waals surface area contributed by atoms with Gasteiger partial charge < -0.3 is 24.0 Å². The lowest BCUT2D eigenvalue weighted by atomic mass is 10.1. The second kappa shape index (κ2) is 11.9. The predicted octanol–water partition coefficient (Wildman–Crippen LogP) is 3.99. The van der Waals surface area contributed by atoms with Crippen molar-refractivity contribution in [1.29, 1.82) is 0 Å². The number of pyridine rings is 2. The van der Waals surface area contributed by atoms with E-state index in [1.165, 1.54) is 12.1 Å². The average Bonchev–Trinajstić information content (AvgIpc) is 3.31. The quantitative estimate of drug-likeness (QED) is 0.290. The summed E-state index contributed by atoms with van der Waals surface area (Å²) in [7, 11) is 0. The highest BCUT2D eigenvalue weighted by Gasteiger charge is 2.26. The van der Waals surface area contributed by atoms with Crippen LogP contribution in [-0.4, -0.2) is 74.4 Å². The molecule has 1 atom stereocenters. The molecule has 0 radical (unpaired) electrons. The summed E-state index contributed by atoms with van der Waals surface area (Å²) in [5, 5.41) is 9.88. The smallest absolute Gasteiger partial charge is 0.354 e. The number of imidazole rings is 1. The molecule has 0 amide bonds. The first-order valence-electron chi connectivity index (χ1n) is 13.6. The number of hydrogen-bond acceptors (Lipinski definition) is 8. The highest BCUT2D eigenvalue weighted by atomic mass is 35.5. The summed E-state index contributed by atoms with van der Waals surface area (Å²) in [6.07, 6.45) is 6.42. The summed E-state index contributed by atoms with van der Waals surface area (Å²) in [6, 6.07) is 11.4. The van der Waals surface area contributed by atoms with E-state index in [9.17, 15) is 14.3 Å². The van der Waals surface area contributed by atoms with Crippen LogP contribution in [0.15, 0.2) is 42.5 Å². The summed E-state index contributed by atoms with van der Waals surface area (Å²) >= 11 is 6.28. The van der Waals surface area contributed by atoms with Crippen molar-refractivity contribution in [1.82, 2.24) is 24.4 Å². The van der Waals surface area contributed by atoms with Gasteiger partial charge in [-0.1, -0.05) is 23.6 Å². The zero-order chi connectivity index (χ0) is 29.2. The van der Waals surface area contributed by atoms with E-state index in [0.29, 0.717) is 59.3 Å². The first-order chi connectivity index (χ1) is 20.4. The van der Waals surface area contributed by atoms with Crippen molar-refractivity contribution in [3.8, 4) is 18.2 Å². The Morgan fingerprint density at radius 3 is 2.64 bits per heavy atom. The van der Waals surface area contributed by atoms with Gasteiger partial charge in [-0.3, -0.25) is 4.90 Å². The first-order valence-corrected chi connectivity index (χ1v) is 14.0. The SMILES string of the molecule is C#Cc1ccc(COc2nc(N3CCN(Cc4nc5ccc(C(=O)O)nc5n4C[C@@H]4CCO4)CC3)ccc2F)c(Cl)c1. The van der Waals surface area contributed by atoms with Gasteiger partial charge in [0.05, 0.1) is 19.2 Å². The Bertz CT molecular complexity index is 1680. The largest absolute Gasteiger partial charge is 0.477 e. The second-order valence-electron chi connectivity index (χ2n) is 10.2. The van der Waals surface area contributed by atoms with Crippen LogP contribution in [0.2, 0.25) is 5.02 Å². The molecule has 4 aromatic rings. The van der Waals surface area contributed by atoms with Gasteiger partial charge in [-0.2, -0.15) is 4.98 Å². The van der Waals surface area contributed by atoms with Crippen molar-refractivity contribution < 1.29 is 23.8 Å². The molecule has 5 heterocycles. The molecule has 10 nitrogen and oxygen atoms in total. The van der Waals surface area contributed by atoms with Crippen LogP contribution in [0.4, 0.5) is 10.2 Å². The minimum Gasteiger partial charge on any atom is -0.477 e. The van der Waals surface area contributed by atoms with Gasteiger partial charge in [0.25, 0.3) is 5.88 Å². The average molecular weight is 591 g/mol. The lowest BCUT2D eigenvalue weighted by Gasteiger charge is -2.35. The number of terminal acetylenes is 1. The van der Waals surface area contributed by atoms with Crippen LogP contribution in [0.25, 0.3) is 11.2 Å². The Labute approximate surface area is 246 Å². The van der Waals surface area contributed by atoms with Crippen LogP contribution in [-0.2, 0) is 24.4 Å². The van der Waals surface area contributed by atoms with Gasteiger partial charge >= 0.3 is 5.97 Å². The molecule has 3 aromatic heterocycles. The number of benzene rings is 1. The molecule has 0 spiro atoms. The predicted molar refractivity (Wildman–Crippen MR) is 154 cm³/mol. The normalized spacial score (nSPS) is 17.2. The van der Waals surface area contributed by atoms with Crippen LogP contribution in [0.3, 0.4) is 0 Å². The summed E-state index contributed by atoms with van der Waals surface area (Å²) in [4.78, 5) is 29.5. The fourth-order valence-electron chi connectivity index (χ4n) is 5.04. The number of carbonyl (C=O) groups is 1. The Morgan fingerprint density at radius 1 is 1.14 bits per heavy atom. The summed E-state index contributed by atoms with van der Waals surface area (Å²) in [6.45, 7) is 4.72. The zero-order valence-corrected chi connectivity index (χ0v) is 23.4. The molecule has 0 unspecified atom stereocenters. The molecule has 216 valence electrons. The van der Waals surface area contributed by atoms with E-state index in [1.807, 2.05) is 4.57 Å². The molecule has 6 rings (SSSR count). The van der Waals surface area contributed by atoms with Gasteiger partial charge in [-0.05, 0) is 42.8 Å². The topological polar surface area (TPSA) is 106 Å². The van der Waals surface area contributed by atoms with Gasteiger partial charge in [-0.15, -0.1) is 6.42 Å². The number of aromatic nitrogens is 4. The number of anilines is 1. The maximum Gasteiger partial charge on any atom is 0.354 e. The molecule has 1 N–H and O–H groups in total. The number of carboxylic acid groups (broad SMARTS) is 1. The lowest BCUT2D eigenvalue weighted by molar-refractivity contribution is -0.0592. The van der Waals surface area contributed by atoms with Crippen molar-refractivity contribution >= 4 is 34.6 Å². The third-order valence-corrected chi connectivity index (χ3v) is 7.87. The van der Waals surface area contributed by atoms with Crippen LogP contribution < -0.4 is 9.64 Å². The molecule has 2 aliphatic heterocycles. The maximum absolute atomic E-state index is 14.5. The fourth-order valence-corrected chi connectivity index (χ4v) is 5.27. The third kappa shape index (κ3) is 5.87. The Morgan fingerprint density at radius 2 is 1.95 bits per heavy atom. The highest BCUT2D eigenvalue weighted by molar-refractivity contribution is 6.31. The Kier molecular flexibility index (Phi) is 7.93. The standard InChI is InChI=1S/C30H28ClFN6O4/c1-2-19-3-4-20(22(31)15-19)18-42-29-23(32)5-8-26(35-29)37-12-10-36(11-13-37)17-27-33-24-6-7-25(30(39)40)34-28(24)38(27)16-21-9-14-41-21/h1,3-8,15,21H,9-14,16-18H2,(H,39,40)/t21-/m0/s1. The number of halogens is 2. The number of piperazine rings is 1. The summed E-state index contributed by atoms with van der Waals surface area (Å²) in [5.74, 6) is 2.24. The molecular weight excluding hydrogens is 563 g/mol. The first kappa shape index (κ1) is 27.9. The van der Waals surface area contributed by atoms with E-state index >= 15 is 0 Å². The van der Waals surface area contributed by atoms with E-state index in [1.54, 1.807) is 30.3 Å². The van der Waals surface area contributed by atoms with E-state index in [0.717, 1.165) is 31.9 Å². The molecule has 2 aliphatic rings. The molecule has 0 aliphatic carbocycles. The molecule has 12 heteroatoms. The van der Waals surface area contributed by atoms with Gasteiger partial charge in [0.1, 0.15) is 23.8 Å². The van der Waals surface area contributed by atoms with Crippen molar-refractivity contribution in [2.45, 2.75) is 32.2 Å². The van der Waals surface area contributed by atoms with Gasteiger partial charge in [-0.25, -0.2) is 19.2 Å². The van der Waals surface area contributed by atoms with Crippen LogP contribution >= 0.6 is 11.6 Å². The van der Waals surface area contributed by atoms with Gasteiger partial charge in [0.15, 0.2) is 17.2 Å². The van der Waals surface area contributed by atoms with Crippen LogP contribution in [0.1, 0.15) is 33.9 Å². The fraction of sp³-hybridized carbons (Fsp3) is 0.333. The number of nitrogens with zero attached hydrogens (tertiary/aromatic N) is 6. The van der Waals surface area contributed by atoms with E-state index < -0.39 is 11.8 Å². The molecule has 2 saturated heterocycles. The monoisotopic (exact) mass is 590 g/mol. The zero-order valence-electron chi connectivity index (χ0n) is 22.7. The Balaban J connectivity index is 1.12. The lowest BCUT2D eigenvalue weighted by Crippen LogP contribution is -2.46. The molecule has 0 bridgehead atoms. The summed E-state index contributed by atoms with van der Waals surface area (Å²) in [5.41, 5.74) is 2.53. The number of rotatable bonds is 9. The maximum atomic E-state index is 14.5. The molecule has 2 fully saturated rings.